The molecule has 0 spiro atoms. The smallest absolute Gasteiger partial charge is 0.269 e. The maximum Gasteiger partial charge on any atom is 0.269 e. The Kier molecular flexibility index (Phi) is 3.22. The third-order valence-corrected chi connectivity index (χ3v) is 2.43. The van der Waals surface area contributed by atoms with Crippen molar-refractivity contribution in [2.45, 2.75) is 20.4 Å². The van der Waals surface area contributed by atoms with E-state index in [-0.39, 0.29) is 5.69 Å². The Balaban J connectivity index is 2.08. The fourth-order valence-corrected chi connectivity index (χ4v) is 1.55. The molecular weight excluding hydrogens is 236 g/mol. The Morgan fingerprint density at radius 2 is 2.22 bits per heavy atom. The van der Waals surface area contributed by atoms with Gasteiger partial charge in [-0.25, -0.2) is 0 Å². The van der Waals surface area contributed by atoms with Crippen molar-refractivity contribution in [3.05, 3.63) is 45.6 Å². The van der Waals surface area contributed by atoms with Gasteiger partial charge in [-0.1, -0.05) is 5.16 Å². The van der Waals surface area contributed by atoms with Crippen LogP contribution in [0.2, 0.25) is 0 Å². The molecule has 0 radical (unpaired) electrons. The van der Waals surface area contributed by atoms with Crippen molar-refractivity contribution in [1.29, 1.82) is 0 Å². The highest BCUT2D eigenvalue weighted by Gasteiger charge is 2.08. The number of hydrogen-bond acceptors (Lipinski definition) is 6. The van der Waals surface area contributed by atoms with Crippen molar-refractivity contribution in [1.82, 2.24) is 10.1 Å². The second-order valence-electron chi connectivity index (χ2n) is 3.84. The van der Waals surface area contributed by atoms with Crippen LogP contribution in [0, 0.1) is 24.0 Å². The maximum atomic E-state index is 10.6. The lowest BCUT2D eigenvalue weighted by molar-refractivity contribution is -0.384. The van der Waals surface area contributed by atoms with E-state index >= 15 is 0 Å². The fourth-order valence-electron chi connectivity index (χ4n) is 1.55. The number of nitro benzene ring substituents is 1. The summed E-state index contributed by atoms with van der Waals surface area (Å²) in [6.07, 6.45) is 0. The van der Waals surface area contributed by atoms with Gasteiger partial charge in [0.25, 0.3) is 5.69 Å². The van der Waals surface area contributed by atoms with Crippen molar-refractivity contribution in [2.24, 2.45) is 0 Å². The summed E-state index contributed by atoms with van der Waals surface area (Å²) in [5.74, 6) is 1.05. The minimum Gasteiger partial charge on any atom is -0.377 e. The van der Waals surface area contributed by atoms with Crippen LogP contribution < -0.4 is 5.32 Å². The molecule has 0 aliphatic heterocycles. The molecule has 7 nitrogen and oxygen atoms in total. The van der Waals surface area contributed by atoms with Gasteiger partial charge in [0.2, 0.25) is 5.89 Å². The van der Waals surface area contributed by atoms with Crippen LogP contribution in [-0.2, 0) is 6.54 Å². The van der Waals surface area contributed by atoms with Gasteiger partial charge in [-0.05, 0) is 18.6 Å². The molecule has 1 aromatic heterocycles. The third-order valence-electron chi connectivity index (χ3n) is 2.43. The molecule has 0 atom stereocenters. The summed E-state index contributed by atoms with van der Waals surface area (Å²) in [5, 5.41) is 17.4. The average Bonchev–Trinajstić information content (AvgIpc) is 2.73. The summed E-state index contributed by atoms with van der Waals surface area (Å²) >= 11 is 0. The average molecular weight is 248 g/mol. The highest BCUT2D eigenvalue weighted by atomic mass is 16.6. The van der Waals surface area contributed by atoms with Gasteiger partial charge >= 0.3 is 0 Å². The second kappa shape index (κ2) is 4.82. The molecule has 0 fully saturated rings. The summed E-state index contributed by atoms with van der Waals surface area (Å²) in [5.41, 5.74) is 1.68. The molecule has 0 amide bonds. The highest BCUT2D eigenvalue weighted by molar-refractivity contribution is 5.55. The van der Waals surface area contributed by atoms with Crippen molar-refractivity contribution >= 4 is 11.4 Å². The lowest BCUT2D eigenvalue weighted by Gasteiger charge is -2.06. The predicted octanol–water partition coefficient (Wildman–Crippen LogP) is 2.21. The van der Waals surface area contributed by atoms with E-state index in [4.69, 9.17) is 4.52 Å². The molecule has 0 unspecified atom stereocenters. The molecule has 18 heavy (non-hydrogen) atoms. The zero-order valence-corrected chi connectivity index (χ0v) is 10.0. The van der Waals surface area contributed by atoms with Crippen LogP contribution in [0.4, 0.5) is 11.4 Å². The SMILES string of the molecule is Cc1nc(CNc2ccc([N+](=O)[O-])cc2C)no1. The first-order chi connectivity index (χ1) is 8.56. The molecule has 2 rings (SSSR count). The maximum absolute atomic E-state index is 10.6. The van der Waals surface area contributed by atoms with Gasteiger partial charge in [0, 0.05) is 24.7 Å². The number of rotatable bonds is 4. The summed E-state index contributed by atoms with van der Waals surface area (Å²) in [4.78, 5) is 14.2. The largest absolute Gasteiger partial charge is 0.377 e. The van der Waals surface area contributed by atoms with E-state index in [0.29, 0.717) is 18.3 Å². The lowest BCUT2D eigenvalue weighted by atomic mass is 10.2. The number of nitrogens with zero attached hydrogens (tertiary/aromatic N) is 3. The zero-order valence-electron chi connectivity index (χ0n) is 10.0. The number of aryl methyl sites for hydroxylation is 2. The molecule has 1 heterocycles. The number of anilines is 1. The Morgan fingerprint density at radius 1 is 1.44 bits per heavy atom. The van der Waals surface area contributed by atoms with Crippen molar-refractivity contribution < 1.29 is 9.45 Å². The summed E-state index contributed by atoms with van der Waals surface area (Å²) in [6, 6.07) is 4.64. The van der Waals surface area contributed by atoms with Gasteiger partial charge in [-0.2, -0.15) is 4.98 Å². The molecule has 0 bridgehead atoms. The van der Waals surface area contributed by atoms with Crippen LogP contribution in [0.25, 0.3) is 0 Å². The van der Waals surface area contributed by atoms with Crippen LogP contribution in [0.3, 0.4) is 0 Å². The van der Waals surface area contributed by atoms with Crippen molar-refractivity contribution in [2.75, 3.05) is 5.32 Å². The Labute approximate surface area is 103 Å². The second-order valence-corrected chi connectivity index (χ2v) is 3.84. The summed E-state index contributed by atoms with van der Waals surface area (Å²) in [6.45, 7) is 3.93. The third kappa shape index (κ3) is 2.62. The van der Waals surface area contributed by atoms with Gasteiger partial charge in [0.05, 0.1) is 11.5 Å². The first-order valence-electron chi connectivity index (χ1n) is 5.34. The monoisotopic (exact) mass is 248 g/mol. The molecular formula is C11H12N4O3. The molecule has 0 saturated heterocycles. The summed E-state index contributed by atoms with van der Waals surface area (Å²) in [7, 11) is 0. The van der Waals surface area contributed by atoms with Gasteiger partial charge in [-0.15, -0.1) is 0 Å². The van der Waals surface area contributed by atoms with Crippen LogP contribution in [-0.4, -0.2) is 15.1 Å². The van der Waals surface area contributed by atoms with E-state index in [1.807, 2.05) is 0 Å². The van der Waals surface area contributed by atoms with E-state index in [0.717, 1.165) is 11.3 Å². The number of hydrogen-bond donors (Lipinski definition) is 1. The minimum atomic E-state index is -0.417. The van der Waals surface area contributed by atoms with Gasteiger partial charge in [0.1, 0.15) is 0 Å². The number of nitro groups is 1. The van der Waals surface area contributed by atoms with Crippen LogP contribution in [0.1, 0.15) is 17.3 Å². The zero-order chi connectivity index (χ0) is 13.1. The molecule has 1 N–H and O–H groups in total. The van der Waals surface area contributed by atoms with Crippen molar-refractivity contribution in [3.8, 4) is 0 Å². The minimum absolute atomic E-state index is 0.0773. The normalized spacial score (nSPS) is 10.3. The van der Waals surface area contributed by atoms with E-state index in [2.05, 4.69) is 15.5 Å². The molecule has 94 valence electrons. The molecule has 0 aliphatic carbocycles. The molecule has 0 saturated carbocycles. The first kappa shape index (κ1) is 12.0. The van der Waals surface area contributed by atoms with Crippen LogP contribution in [0.5, 0.6) is 0 Å². The molecule has 2 aromatic rings. The van der Waals surface area contributed by atoms with Crippen molar-refractivity contribution in [3.63, 3.8) is 0 Å². The lowest BCUT2D eigenvalue weighted by Crippen LogP contribution is -2.03. The predicted molar refractivity (Wildman–Crippen MR) is 64.2 cm³/mol. The highest BCUT2D eigenvalue weighted by Crippen LogP contribution is 2.21. The van der Waals surface area contributed by atoms with Crippen LogP contribution in [0.15, 0.2) is 22.7 Å². The number of benzene rings is 1. The number of aromatic nitrogens is 2. The van der Waals surface area contributed by atoms with E-state index in [1.54, 1.807) is 19.9 Å². The molecule has 7 heteroatoms. The quantitative estimate of drug-likeness (QED) is 0.658. The van der Waals surface area contributed by atoms with E-state index < -0.39 is 4.92 Å². The number of nitrogens with one attached hydrogen (secondary N) is 1. The topological polar surface area (TPSA) is 94.1 Å². The number of non-ortho nitro benzene ring substituents is 1. The fraction of sp³-hybridized carbons (Fsp3) is 0.273. The first-order valence-corrected chi connectivity index (χ1v) is 5.34. The van der Waals surface area contributed by atoms with E-state index in [9.17, 15) is 10.1 Å². The Morgan fingerprint density at radius 3 is 2.78 bits per heavy atom. The van der Waals surface area contributed by atoms with Gasteiger partial charge < -0.3 is 9.84 Å². The Hall–Kier alpha value is -2.44. The van der Waals surface area contributed by atoms with Gasteiger partial charge in [-0.3, -0.25) is 10.1 Å². The molecule has 0 aliphatic rings. The van der Waals surface area contributed by atoms with Gasteiger partial charge in [0.15, 0.2) is 5.82 Å². The Bertz CT molecular complexity index is 579. The standard InChI is InChI=1S/C11H12N4O3/c1-7-5-9(15(16)17)3-4-10(7)12-6-11-13-8(2)18-14-11/h3-5,12H,6H2,1-2H3. The van der Waals surface area contributed by atoms with Crippen LogP contribution >= 0.6 is 0 Å². The van der Waals surface area contributed by atoms with E-state index in [1.165, 1.54) is 12.1 Å². The summed E-state index contributed by atoms with van der Waals surface area (Å²) < 4.78 is 4.84. The molecule has 1 aromatic carbocycles.